The molecule has 126 valence electrons. The lowest BCUT2D eigenvalue weighted by Gasteiger charge is -2.25. The normalized spacial score (nSPS) is 22.2. The van der Waals surface area contributed by atoms with Gasteiger partial charge in [0.05, 0.1) is 21.6 Å². The molecule has 24 heavy (non-hydrogen) atoms. The summed E-state index contributed by atoms with van der Waals surface area (Å²) in [5.74, 6) is 0.898. The van der Waals surface area contributed by atoms with Gasteiger partial charge < -0.3 is 0 Å². The number of hydrogen-bond acceptors (Lipinski definition) is 2. The van der Waals surface area contributed by atoms with E-state index >= 15 is 0 Å². The van der Waals surface area contributed by atoms with Gasteiger partial charge in [-0.15, -0.1) is 0 Å². The molecule has 3 rings (SSSR count). The van der Waals surface area contributed by atoms with Gasteiger partial charge in [-0.2, -0.15) is 0 Å². The fourth-order valence-electron chi connectivity index (χ4n) is 3.07. The van der Waals surface area contributed by atoms with Gasteiger partial charge in [0.25, 0.3) is 0 Å². The molecule has 4 heteroatoms. The number of allylic oxidation sites excluding steroid dienone is 1. The van der Waals surface area contributed by atoms with Crippen molar-refractivity contribution in [3.8, 4) is 0 Å². The topological polar surface area (TPSA) is 34.1 Å². The molecule has 1 saturated carbocycles. The van der Waals surface area contributed by atoms with Crippen LogP contribution in [0.15, 0.2) is 81.4 Å². The van der Waals surface area contributed by atoms with Crippen LogP contribution in [0.2, 0.25) is 0 Å². The second-order valence-corrected chi connectivity index (χ2v) is 8.87. The average Bonchev–Trinajstić information content (AvgIpc) is 2.64. The van der Waals surface area contributed by atoms with Gasteiger partial charge in [0.15, 0.2) is 0 Å². The predicted octanol–water partition coefficient (Wildman–Crippen LogP) is 4.68. The highest BCUT2D eigenvalue weighted by atomic mass is 32.2. The SMILES string of the molecule is O=S(/C=C1\CCCCC1CS(=O)c1ccccc1)c1ccccc1. The van der Waals surface area contributed by atoms with Gasteiger partial charge >= 0.3 is 0 Å². The van der Waals surface area contributed by atoms with Gasteiger partial charge in [-0.1, -0.05) is 48.4 Å². The minimum atomic E-state index is -1.12. The van der Waals surface area contributed by atoms with Crippen LogP contribution in [0.3, 0.4) is 0 Å². The van der Waals surface area contributed by atoms with Gasteiger partial charge in [-0.3, -0.25) is 4.21 Å². The molecule has 3 unspecified atom stereocenters. The van der Waals surface area contributed by atoms with E-state index in [2.05, 4.69) is 0 Å². The van der Waals surface area contributed by atoms with Crippen LogP contribution in [-0.2, 0) is 21.6 Å². The fourth-order valence-corrected chi connectivity index (χ4v) is 5.61. The van der Waals surface area contributed by atoms with E-state index in [-0.39, 0.29) is 5.92 Å². The van der Waals surface area contributed by atoms with Crippen LogP contribution >= 0.6 is 0 Å². The van der Waals surface area contributed by atoms with Crippen LogP contribution in [-0.4, -0.2) is 14.2 Å². The zero-order valence-corrected chi connectivity index (χ0v) is 15.2. The van der Waals surface area contributed by atoms with Gasteiger partial charge in [0, 0.05) is 21.0 Å². The summed E-state index contributed by atoms with van der Waals surface area (Å²) in [6.07, 6.45) is 4.30. The van der Waals surface area contributed by atoms with E-state index in [9.17, 15) is 8.42 Å². The molecule has 0 aliphatic heterocycles. The second-order valence-electron chi connectivity index (χ2n) is 6.07. The van der Waals surface area contributed by atoms with Crippen molar-refractivity contribution in [2.75, 3.05) is 5.75 Å². The Hall–Kier alpha value is -1.52. The van der Waals surface area contributed by atoms with Gasteiger partial charge in [-0.05, 0) is 49.4 Å². The molecule has 2 aromatic rings. The molecule has 2 nitrogen and oxygen atoms in total. The molecule has 2 aromatic carbocycles. The molecule has 0 radical (unpaired) electrons. The first-order valence-corrected chi connectivity index (χ1v) is 10.9. The summed E-state index contributed by atoms with van der Waals surface area (Å²) >= 11 is 0. The Morgan fingerprint density at radius 3 is 2.17 bits per heavy atom. The van der Waals surface area contributed by atoms with Gasteiger partial charge in [0.1, 0.15) is 0 Å². The lowest BCUT2D eigenvalue weighted by Crippen LogP contribution is -2.18. The molecule has 0 N–H and O–H groups in total. The third-order valence-corrected chi connectivity index (χ3v) is 7.14. The summed E-state index contributed by atoms with van der Waals surface area (Å²) < 4.78 is 25.2. The largest absolute Gasteiger partial charge is 0.254 e. The van der Waals surface area contributed by atoms with E-state index in [0.717, 1.165) is 35.5 Å². The number of benzene rings is 2. The molecule has 0 spiro atoms. The van der Waals surface area contributed by atoms with Crippen molar-refractivity contribution in [1.82, 2.24) is 0 Å². The van der Waals surface area contributed by atoms with Crippen molar-refractivity contribution in [1.29, 1.82) is 0 Å². The van der Waals surface area contributed by atoms with E-state index in [1.165, 1.54) is 5.57 Å². The maximum atomic E-state index is 12.6. The first-order valence-electron chi connectivity index (χ1n) is 8.33. The predicted molar refractivity (Wildman–Crippen MR) is 101 cm³/mol. The van der Waals surface area contributed by atoms with E-state index in [1.54, 1.807) is 0 Å². The molecular weight excluding hydrogens is 336 g/mol. The Kier molecular flexibility index (Phi) is 6.16. The maximum absolute atomic E-state index is 12.6. The zero-order valence-electron chi connectivity index (χ0n) is 13.6. The molecule has 1 aliphatic carbocycles. The summed E-state index contributed by atoms with van der Waals surface area (Å²) in [5.41, 5.74) is 1.22. The Morgan fingerprint density at radius 1 is 0.875 bits per heavy atom. The first-order chi connectivity index (χ1) is 11.7. The van der Waals surface area contributed by atoms with Crippen molar-refractivity contribution in [3.05, 3.63) is 71.6 Å². The molecule has 0 saturated heterocycles. The van der Waals surface area contributed by atoms with Crippen LogP contribution in [0, 0.1) is 5.92 Å². The van der Waals surface area contributed by atoms with Crippen molar-refractivity contribution in [2.45, 2.75) is 35.5 Å². The second kappa shape index (κ2) is 8.54. The summed E-state index contributed by atoms with van der Waals surface area (Å²) in [6, 6.07) is 19.2. The van der Waals surface area contributed by atoms with E-state index in [4.69, 9.17) is 0 Å². The van der Waals surface area contributed by atoms with Crippen LogP contribution in [0.4, 0.5) is 0 Å². The molecule has 0 bridgehead atoms. The molecule has 3 atom stereocenters. The lowest BCUT2D eigenvalue weighted by molar-refractivity contribution is 0.486. The Bertz CT molecular complexity index is 739. The van der Waals surface area contributed by atoms with Gasteiger partial charge in [-0.25, -0.2) is 4.21 Å². The standard InChI is InChI=1S/C20H22O2S2/c21-23(19-11-3-1-4-12-19)15-17-9-7-8-10-18(17)16-24(22)20-13-5-2-6-14-20/h1-6,11-15,18H,7-10,16H2/b17-15+. The van der Waals surface area contributed by atoms with Crippen molar-refractivity contribution < 1.29 is 8.42 Å². The third kappa shape index (κ3) is 4.52. The summed E-state index contributed by atoms with van der Waals surface area (Å²) in [5, 5.41) is 1.90. The smallest absolute Gasteiger partial charge is 0.0775 e. The fraction of sp³-hybridized carbons (Fsp3) is 0.300. The summed E-state index contributed by atoms with van der Waals surface area (Å²) in [4.78, 5) is 1.71. The quantitative estimate of drug-likeness (QED) is 0.778. The van der Waals surface area contributed by atoms with Crippen molar-refractivity contribution in [2.24, 2.45) is 5.92 Å². The van der Waals surface area contributed by atoms with E-state index < -0.39 is 21.6 Å². The zero-order chi connectivity index (χ0) is 16.8. The molecule has 1 aliphatic rings. The number of hydrogen-bond donors (Lipinski definition) is 0. The number of rotatable bonds is 5. The summed E-state index contributed by atoms with van der Waals surface area (Å²) in [6.45, 7) is 0. The van der Waals surface area contributed by atoms with Crippen LogP contribution in [0.1, 0.15) is 25.7 Å². The monoisotopic (exact) mass is 358 g/mol. The van der Waals surface area contributed by atoms with E-state index in [1.807, 2.05) is 66.1 Å². The minimum Gasteiger partial charge on any atom is -0.254 e. The molecule has 0 heterocycles. The Labute approximate surface area is 148 Å². The Morgan fingerprint density at radius 2 is 1.50 bits per heavy atom. The van der Waals surface area contributed by atoms with Crippen LogP contribution in [0.5, 0.6) is 0 Å². The van der Waals surface area contributed by atoms with Crippen molar-refractivity contribution >= 4 is 21.6 Å². The highest BCUT2D eigenvalue weighted by Crippen LogP contribution is 2.32. The molecule has 1 fully saturated rings. The highest BCUT2D eigenvalue weighted by molar-refractivity contribution is 7.88. The highest BCUT2D eigenvalue weighted by Gasteiger charge is 2.22. The third-order valence-electron chi connectivity index (χ3n) is 4.38. The first kappa shape index (κ1) is 17.3. The Balaban J connectivity index is 1.75. The molecular formula is C20H22O2S2. The average molecular weight is 359 g/mol. The van der Waals surface area contributed by atoms with Crippen molar-refractivity contribution in [3.63, 3.8) is 0 Å². The maximum Gasteiger partial charge on any atom is 0.0775 e. The van der Waals surface area contributed by atoms with Crippen LogP contribution < -0.4 is 0 Å². The lowest BCUT2D eigenvalue weighted by atomic mass is 9.86. The van der Waals surface area contributed by atoms with E-state index in [0.29, 0.717) is 5.75 Å². The molecule has 0 aromatic heterocycles. The molecule has 0 amide bonds. The van der Waals surface area contributed by atoms with Crippen LogP contribution in [0.25, 0.3) is 0 Å². The summed E-state index contributed by atoms with van der Waals surface area (Å²) in [7, 11) is -2.12. The minimum absolute atomic E-state index is 0.271. The van der Waals surface area contributed by atoms with Gasteiger partial charge in [0.2, 0.25) is 0 Å².